The summed E-state index contributed by atoms with van der Waals surface area (Å²) in [6, 6.07) is 10.5. The summed E-state index contributed by atoms with van der Waals surface area (Å²) in [7, 11) is 3.40. The minimum absolute atomic E-state index is 0.0289. The number of methoxy groups -OCH3 is 1. The number of carbonyl (C=O) groups is 2. The van der Waals surface area contributed by atoms with E-state index in [9.17, 15) is 9.59 Å². The first-order chi connectivity index (χ1) is 11.5. The average Bonchev–Trinajstić information content (AvgIpc) is 2.97. The van der Waals surface area contributed by atoms with E-state index in [1.165, 1.54) is 4.90 Å². The molecule has 24 heavy (non-hydrogen) atoms. The number of nitrogens with one attached hydrogen (secondary N) is 1. The number of rotatable bonds is 3. The highest BCUT2D eigenvalue weighted by molar-refractivity contribution is 7.80. The van der Waals surface area contributed by atoms with Crippen LogP contribution in [-0.2, 0) is 16.6 Å². The first kappa shape index (κ1) is 15.9. The van der Waals surface area contributed by atoms with Gasteiger partial charge in [0.1, 0.15) is 11.3 Å². The van der Waals surface area contributed by atoms with Crippen LogP contribution >= 0.6 is 12.2 Å². The van der Waals surface area contributed by atoms with Gasteiger partial charge in [-0.3, -0.25) is 19.8 Å². The molecule has 0 atom stereocenters. The maximum absolute atomic E-state index is 12.8. The zero-order valence-corrected chi connectivity index (χ0v) is 14.0. The molecule has 2 heterocycles. The van der Waals surface area contributed by atoms with Crippen molar-refractivity contribution in [2.75, 3.05) is 12.0 Å². The fourth-order valence-electron chi connectivity index (χ4n) is 2.40. The lowest BCUT2D eigenvalue weighted by Gasteiger charge is -2.29. The summed E-state index contributed by atoms with van der Waals surface area (Å²) in [5.41, 5.74) is 1.33. The molecule has 122 valence electrons. The summed E-state index contributed by atoms with van der Waals surface area (Å²) in [6.07, 6.45) is 3.39. The van der Waals surface area contributed by atoms with Crippen LogP contribution in [0.1, 0.15) is 5.69 Å². The molecule has 7 heteroatoms. The molecular formula is C17H15N3O3S. The quantitative estimate of drug-likeness (QED) is 0.526. The second kappa shape index (κ2) is 6.29. The van der Waals surface area contributed by atoms with E-state index in [0.717, 1.165) is 5.69 Å². The molecular weight excluding hydrogens is 326 g/mol. The van der Waals surface area contributed by atoms with E-state index in [4.69, 9.17) is 17.0 Å². The molecule has 1 aromatic carbocycles. The van der Waals surface area contributed by atoms with Gasteiger partial charge in [0.25, 0.3) is 11.8 Å². The third kappa shape index (κ3) is 2.81. The summed E-state index contributed by atoms with van der Waals surface area (Å²) in [5, 5.41) is 2.61. The summed E-state index contributed by atoms with van der Waals surface area (Å²) >= 11 is 5.16. The number of aryl methyl sites for hydroxylation is 1. The molecule has 1 aliphatic rings. The molecule has 2 aromatic rings. The van der Waals surface area contributed by atoms with Gasteiger partial charge in [0.05, 0.1) is 12.8 Å². The number of ether oxygens (including phenoxy) is 1. The van der Waals surface area contributed by atoms with E-state index in [1.807, 2.05) is 29.9 Å². The molecule has 0 bridgehead atoms. The fourth-order valence-corrected chi connectivity index (χ4v) is 2.68. The Labute approximate surface area is 144 Å². The molecule has 1 fully saturated rings. The van der Waals surface area contributed by atoms with Gasteiger partial charge < -0.3 is 9.30 Å². The average molecular weight is 341 g/mol. The Morgan fingerprint density at radius 2 is 1.88 bits per heavy atom. The molecule has 0 unspecified atom stereocenters. The van der Waals surface area contributed by atoms with Gasteiger partial charge in [-0.1, -0.05) is 0 Å². The van der Waals surface area contributed by atoms with Gasteiger partial charge in [0, 0.05) is 18.9 Å². The van der Waals surface area contributed by atoms with E-state index in [0.29, 0.717) is 11.4 Å². The number of hydrogen-bond donors (Lipinski definition) is 1. The Kier molecular flexibility index (Phi) is 4.18. The van der Waals surface area contributed by atoms with Crippen molar-refractivity contribution in [2.45, 2.75) is 0 Å². The predicted octanol–water partition coefficient (Wildman–Crippen LogP) is 1.86. The smallest absolute Gasteiger partial charge is 0.270 e. The van der Waals surface area contributed by atoms with Crippen LogP contribution in [0.3, 0.4) is 0 Å². The molecule has 0 saturated carbocycles. The highest BCUT2D eigenvalue weighted by Crippen LogP contribution is 2.24. The number of carbonyl (C=O) groups excluding carboxylic acids is 2. The monoisotopic (exact) mass is 341 g/mol. The van der Waals surface area contributed by atoms with Crippen molar-refractivity contribution in [3.8, 4) is 5.75 Å². The van der Waals surface area contributed by atoms with E-state index in [-0.39, 0.29) is 10.7 Å². The fraction of sp³-hybridized carbons (Fsp3) is 0.118. The molecule has 2 amide bonds. The Morgan fingerprint density at radius 3 is 2.46 bits per heavy atom. The van der Waals surface area contributed by atoms with Crippen LogP contribution in [0.15, 0.2) is 48.2 Å². The van der Waals surface area contributed by atoms with Gasteiger partial charge in [0.15, 0.2) is 5.11 Å². The minimum Gasteiger partial charge on any atom is -0.497 e. The van der Waals surface area contributed by atoms with Crippen molar-refractivity contribution in [2.24, 2.45) is 7.05 Å². The molecule has 1 N–H and O–H groups in total. The van der Waals surface area contributed by atoms with Gasteiger partial charge in [-0.15, -0.1) is 0 Å². The minimum atomic E-state index is -0.504. The Morgan fingerprint density at radius 1 is 1.17 bits per heavy atom. The topological polar surface area (TPSA) is 63.6 Å². The summed E-state index contributed by atoms with van der Waals surface area (Å²) in [4.78, 5) is 26.3. The molecule has 0 radical (unpaired) electrons. The van der Waals surface area contributed by atoms with Crippen molar-refractivity contribution in [3.05, 3.63) is 53.9 Å². The molecule has 1 saturated heterocycles. The lowest BCUT2D eigenvalue weighted by molar-refractivity contribution is -0.122. The highest BCUT2D eigenvalue weighted by Gasteiger charge is 2.34. The Bertz CT molecular complexity index is 852. The number of hydrogen-bond acceptors (Lipinski definition) is 4. The second-order valence-corrected chi connectivity index (χ2v) is 5.59. The third-order valence-corrected chi connectivity index (χ3v) is 3.99. The Balaban J connectivity index is 1.99. The van der Waals surface area contributed by atoms with E-state index >= 15 is 0 Å². The summed E-state index contributed by atoms with van der Waals surface area (Å²) < 4.78 is 6.93. The van der Waals surface area contributed by atoms with E-state index < -0.39 is 11.8 Å². The Hall–Kier alpha value is -2.93. The van der Waals surface area contributed by atoms with Gasteiger partial charge in [-0.25, -0.2) is 0 Å². The van der Waals surface area contributed by atoms with Crippen molar-refractivity contribution in [1.82, 2.24) is 9.88 Å². The molecule has 3 rings (SSSR count). The zero-order valence-electron chi connectivity index (χ0n) is 13.1. The summed E-state index contributed by atoms with van der Waals surface area (Å²) in [6.45, 7) is 0. The van der Waals surface area contributed by atoms with Gasteiger partial charge in [0.2, 0.25) is 0 Å². The number of anilines is 1. The third-order valence-electron chi connectivity index (χ3n) is 3.71. The number of nitrogens with zero attached hydrogens (tertiary/aromatic N) is 2. The van der Waals surface area contributed by atoms with Crippen LogP contribution in [0.25, 0.3) is 6.08 Å². The van der Waals surface area contributed by atoms with Crippen LogP contribution in [-0.4, -0.2) is 28.6 Å². The number of thiocarbonyl (C=S) groups is 1. The first-order valence-electron chi connectivity index (χ1n) is 7.18. The lowest BCUT2D eigenvalue weighted by Crippen LogP contribution is -2.54. The SMILES string of the molecule is COc1ccc(N2C(=O)C(=Cc3cccn3C)C(=O)NC2=S)cc1. The maximum Gasteiger partial charge on any atom is 0.270 e. The maximum atomic E-state index is 12.8. The van der Waals surface area contributed by atoms with Gasteiger partial charge >= 0.3 is 0 Å². The lowest BCUT2D eigenvalue weighted by atomic mass is 10.1. The second-order valence-electron chi connectivity index (χ2n) is 5.20. The molecule has 1 aromatic heterocycles. The summed E-state index contributed by atoms with van der Waals surface area (Å²) in [5.74, 6) is -0.302. The van der Waals surface area contributed by atoms with Crippen molar-refractivity contribution in [1.29, 1.82) is 0 Å². The van der Waals surface area contributed by atoms with Gasteiger partial charge in [-0.2, -0.15) is 0 Å². The van der Waals surface area contributed by atoms with Crippen molar-refractivity contribution >= 4 is 40.9 Å². The van der Waals surface area contributed by atoms with Crippen LogP contribution in [0, 0.1) is 0 Å². The van der Waals surface area contributed by atoms with Crippen LogP contribution < -0.4 is 15.0 Å². The number of benzene rings is 1. The molecule has 6 nitrogen and oxygen atoms in total. The largest absolute Gasteiger partial charge is 0.497 e. The van der Waals surface area contributed by atoms with Gasteiger partial charge in [-0.05, 0) is 54.7 Å². The first-order valence-corrected chi connectivity index (χ1v) is 7.59. The molecule has 0 aliphatic carbocycles. The van der Waals surface area contributed by atoms with Crippen LogP contribution in [0.5, 0.6) is 5.75 Å². The van der Waals surface area contributed by atoms with Crippen molar-refractivity contribution in [3.63, 3.8) is 0 Å². The standard InChI is InChI=1S/C17H15N3O3S/c1-19-9-3-4-12(19)10-14-15(21)18-17(24)20(16(14)22)11-5-7-13(23-2)8-6-11/h3-10H,1-2H3,(H,18,21,24). The van der Waals surface area contributed by atoms with E-state index in [1.54, 1.807) is 37.5 Å². The zero-order chi connectivity index (χ0) is 17.3. The van der Waals surface area contributed by atoms with E-state index in [2.05, 4.69) is 5.32 Å². The predicted molar refractivity (Wildman–Crippen MR) is 94.6 cm³/mol. The van der Waals surface area contributed by atoms with Crippen molar-refractivity contribution < 1.29 is 14.3 Å². The molecule has 0 spiro atoms. The molecule has 1 aliphatic heterocycles. The van der Waals surface area contributed by atoms with Crippen LogP contribution in [0.4, 0.5) is 5.69 Å². The number of amides is 2. The van der Waals surface area contributed by atoms with Crippen LogP contribution in [0.2, 0.25) is 0 Å². The highest BCUT2D eigenvalue weighted by atomic mass is 32.1. The number of aromatic nitrogens is 1. The normalized spacial score (nSPS) is 16.5.